The molecule has 0 saturated carbocycles. The summed E-state index contributed by atoms with van der Waals surface area (Å²) in [6.45, 7) is 4.62. The Balaban J connectivity index is 2.99. The van der Waals surface area contributed by atoms with Gasteiger partial charge in [0.2, 0.25) is 0 Å². The van der Waals surface area contributed by atoms with Gasteiger partial charge in [0.25, 0.3) is 0 Å². The maximum atomic E-state index is 10.6. The molecule has 0 heterocycles. The fourth-order valence-electron chi connectivity index (χ4n) is 0.934. The second-order valence-corrected chi connectivity index (χ2v) is 2.78. The highest BCUT2D eigenvalue weighted by Crippen LogP contribution is 2.00. The van der Waals surface area contributed by atoms with Gasteiger partial charge in [0, 0.05) is 19.8 Å². The summed E-state index contributed by atoms with van der Waals surface area (Å²) in [5, 5.41) is 0. The Kier molecular flexibility index (Phi) is 8.67. The second-order valence-electron chi connectivity index (χ2n) is 2.78. The van der Waals surface area contributed by atoms with E-state index < -0.39 is 0 Å². The molecule has 13 heavy (non-hydrogen) atoms. The Hall–Kier alpha value is -0.830. The van der Waals surface area contributed by atoms with Gasteiger partial charge in [0.1, 0.15) is 0 Å². The monoisotopic (exact) mass is 186 g/mol. The van der Waals surface area contributed by atoms with Crippen LogP contribution in [0.5, 0.6) is 0 Å². The highest BCUT2D eigenvalue weighted by molar-refractivity contribution is 5.81. The van der Waals surface area contributed by atoms with E-state index in [1.165, 1.54) is 6.08 Å². The Morgan fingerprint density at radius 1 is 1.23 bits per heavy atom. The second kappa shape index (κ2) is 9.26. The molecule has 0 aliphatic carbocycles. The molecule has 0 aliphatic rings. The first-order valence-corrected chi connectivity index (χ1v) is 4.59. The van der Waals surface area contributed by atoms with Gasteiger partial charge in [-0.15, -0.1) is 0 Å². The van der Waals surface area contributed by atoms with E-state index in [0.717, 1.165) is 32.3 Å². The van der Waals surface area contributed by atoms with E-state index in [1.54, 1.807) is 7.11 Å². The molecule has 3 nitrogen and oxygen atoms in total. The molecule has 0 amide bonds. The summed E-state index contributed by atoms with van der Waals surface area (Å²) in [5.41, 5.74) is 0. The molecular formula is C10H18O3. The summed E-state index contributed by atoms with van der Waals surface area (Å²) in [4.78, 5) is 10.6. The van der Waals surface area contributed by atoms with Gasteiger partial charge in [-0.1, -0.05) is 13.0 Å². The maximum absolute atomic E-state index is 10.6. The lowest BCUT2D eigenvalue weighted by Crippen LogP contribution is -2.01. The lowest BCUT2D eigenvalue weighted by molar-refractivity contribution is -0.137. The van der Waals surface area contributed by atoms with Crippen LogP contribution < -0.4 is 0 Å². The van der Waals surface area contributed by atoms with Crippen molar-refractivity contribution in [3.05, 3.63) is 12.7 Å². The quantitative estimate of drug-likeness (QED) is 0.330. The number of hydrogen-bond acceptors (Lipinski definition) is 3. The average Bonchev–Trinajstić information content (AvgIpc) is 2.16. The van der Waals surface area contributed by atoms with E-state index in [-0.39, 0.29) is 5.97 Å². The van der Waals surface area contributed by atoms with Crippen molar-refractivity contribution in [1.29, 1.82) is 0 Å². The standard InChI is InChI=1S/C10H18O3/c1-3-10(11)13-9-7-5-4-6-8-12-2/h3H,1,4-9H2,2H3. The highest BCUT2D eigenvalue weighted by atomic mass is 16.5. The summed E-state index contributed by atoms with van der Waals surface area (Å²) in [5.74, 6) is -0.336. The van der Waals surface area contributed by atoms with Gasteiger partial charge in [0.15, 0.2) is 0 Å². The van der Waals surface area contributed by atoms with Crippen LogP contribution in [0.2, 0.25) is 0 Å². The Labute approximate surface area is 79.7 Å². The van der Waals surface area contributed by atoms with Crippen LogP contribution in [0, 0.1) is 0 Å². The maximum Gasteiger partial charge on any atom is 0.330 e. The molecule has 0 rings (SSSR count). The van der Waals surface area contributed by atoms with E-state index in [2.05, 4.69) is 6.58 Å². The van der Waals surface area contributed by atoms with E-state index in [1.807, 2.05) is 0 Å². The molecule has 76 valence electrons. The van der Waals surface area contributed by atoms with Crippen LogP contribution in [0.3, 0.4) is 0 Å². The third-order valence-electron chi connectivity index (χ3n) is 1.65. The fourth-order valence-corrected chi connectivity index (χ4v) is 0.934. The zero-order valence-electron chi connectivity index (χ0n) is 8.25. The Morgan fingerprint density at radius 3 is 2.38 bits per heavy atom. The van der Waals surface area contributed by atoms with Crippen LogP contribution in [0.15, 0.2) is 12.7 Å². The smallest absolute Gasteiger partial charge is 0.330 e. The van der Waals surface area contributed by atoms with Crippen molar-refractivity contribution in [3.63, 3.8) is 0 Å². The minimum absolute atomic E-state index is 0.336. The first kappa shape index (κ1) is 12.2. The van der Waals surface area contributed by atoms with Gasteiger partial charge in [-0.3, -0.25) is 0 Å². The summed E-state index contributed by atoms with van der Waals surface area (Å²) >= 11 is 0. The number of methoxy groups -OCH3 is 1. The van der Waals surface area contributed by atoms with E-state index >= 15 is 0 Å². The molecule has 0 aromatic heterocycles. The zero-order valence-corrected chi connectivity index (χ0v) is 8.25. The molecule has 3 heteroatoms. The van der Waals surface area contributed by atoms with Crippen molar-refractivity contribution in [2.75, 3.05) is 20.3 Å². The third kappa shape index (κ3) is 9.08. The number of carbonyl (C=O) groups is 1. The Morgan fingerprint density at radius 2 is 1.85 bits per heavy atom. The number of carbonyl (C=O) groups excluding carboxylic acids is 1. The molecule has 0 N–H and O–H groups in total. The predicted octanol–water partition coefficient (Wildman–Crippen LogP) is 1.92. The molecule has 0 aliphatic heterocycles. The molecule has 0 saturated heterocycles. The lowest BCUT2D eigenvalue weighted by Gasteiger charge is -2.01. The van der Waals surface area contributed by atoms with Gasteiger partial charge in [0.05, 0.1) is 6.61 Å². The molecule has 0 aromatic rings. The largest absolute Gasteiger partial charge is 0.463 e. The van der Waals surface area contributed by atoms with Crippen molar-refractivity contribution in [1.82, 2.24) is 0 Å². The fraction of sp³-hybridized carbons (Fsp3) is 0.700. The van der Waals surface area contributed by atoms with Crippen molar-refractivity contribution >= 4 is 5.97 Å². The zero-order chi connectivity index (χ0) is 9.94. The number of hydrogen-bond donors (Lipinski definition) is 0. The molecule has 0 bridgehead atoms. The molecule has 0 unspecified atom stereocenters. The van der Waals surface area contributed by atoms with Gasteiger partial charge in [-0.05, 0) is 19.3 Å². The van der Waals surface area contributed by atoms with Gasteiger partial charge >= 0.3 is 5.97 Å². The highest BCUT2D eigenvalue weighted by Gasteiger charge is 1.94. The first-order valence-electron chi connectivity index (χ1n) is 4.59. The van der Waals surface area contributed by atoms with Crippen molar-refractivity contribution in [2.45, 2.75) is 25.7 Å². The van der Waals surface area contributed by atoms with E-state index in [0.29, 0.717) is 6.61 Å². The van der Waals surface area contributed by atoms with Crippen LogP contribution in [-0.4, -0.2) is 26.3 Å². The molecule has 0 spiro atoms. The third-order valence-corrected chi connectivity index (χ3v) is 1.65. The van der Waals surface area contributed by atoms with Crippen molar-refractivity contribution < 1.29 is 14.3 Å². The lowest BCUT2D eigenvalue weighted by atomic mass is 10.2. The van der Waals surface area contributed by atoms with Crippen LogP contribution >= 0.6 is 0 Å². The number of esters is 1. The van der Waals surface area contributed by atoms with Crippen molar-refractivity contribution in [2.24, 2.45) is 0 Å². The van der Waals surface area contributed by atoms with Crippen LogP contribution in [0.4, 0.5) is 0 Å². The van der Waals surface area contributed by atoms with Gasteiger partial charge in [-0.25, -0.2) is 4.79 Å². The number of unbranched alkanes of at least 4 members (excludes halogenated alkanes) is 3. The summed E-state index contributed by atoms with van der Waals surface area (Å²) < 4.78 is 9.71. The first-order chi connectivity index (χ1) is 6.31. The minimum Gasteiger partial charge on any atom is -0.463 e. The summed E-state index contributed by atoms with van der Waals surface area (Å²) in [7, 11) is 1.70. The normalized spacial score (nSPS) is 9.62. The molecule has 0 aromatic carbocycles. The van der Waals surface area contributed by atoms with Gasteiger partial charge < -0.3 is 9.47 Å². The van der Waals surface area contributed by atoms with Crippen molar-refractivity contribution in [3.8, 4) is 0 Å². The number of ether oxygens (including phenoxy) is 2. The van der Waals surface area contributed by atoms with E-state index in [4.69, 9.17) is 9.47 Å². The minimum atomic E-state index is -0.336. The molecule has 0 fully saturated rings. The summed E-state index contributed by atoms with van der Waals surface area (Å²) in [6.07, 6.45) is 5.38. The van der Waals surface area contributed by atoms with Crippen LogP contribution in [0.1, 0.15) is 25.7 Å². The van der Waals surface area contributed by atoms with Crippen LogP contribution in [0.25, 0.3) is 0 Å². The van der Waals surface area contributed by atoms with Gasteiger partial charge in [-0.2, -0.15) is 0 Å². The van der Waals surface area contributed by atoms with Crippen LogP contribution in [-0.2, 0) is 14.3 Å². The molecule has 0 radical (unpaired) electrons. The number of rotatable bonds is 8. The SMILES string of the molecule is C=CC(=O)OCCCCCCOC. The Bertz CT molecular complexity index is 143. The topological polar surface area (TPSA) is 35.5 Å². The van der Waals surface area contributed by atoms with E-state index in [9.17, 15) is 4.79 Å². The summed E-state index contributed by atoms with van der Waals surface area (Å²) in [6, 6.07) is 0. The average molecular weight is 186 g/mol. The molecule has 0 atom stereocenters. The molecular weight excluding hydrogens is 168 g/mol. The predicted molar refractivity (Wildman–Crippen MR) is 51.5 cm³/mol.